The van der Waals surface area contributed by atoms with Crippen molar-refractivity contribution in [3.05, 3.63) is 33.3 Å². The first-order valence-corrected chi connectivity index (χ1v) is 5.64. The summed E-state index contributed by atoms with van der Waals surface area (Å²) in [5.41, 5.74) is 2.39. The maximum atomic E-state index is 11.8. The molecule has 1 aromatic carbocycles. The number of esters is 1. The van der Waals surface area contributed by atoms with Crippen molar-refractivity contribution in [2.24, 2.45) is 0 Å². The van der Waals surface area contributed by atoms with E-state index in [1.165, 1.54) is 6.92 Å². The molecule has 4 heteroatoms. The molecule has 0 saturated heterocycles. The summed E-state index contributed by atoms with van der Waals surface area (Å²) in [5.74, 6) is -0.613. The number of ketones is 1. The lowest BCUT2D eigenvalue weighted by Crippen LogP contribution is -2.14. The fourth-order valence-electron chi connectivity index (χ4n) is 1.59. The lowest BCUT2D eigenvalue weighted by Gasteiger charge is -2.09. The Morgan fingerprint density at radius 3 is 2.19 bits per heavy atom. The Labute approximate surface area is 103 Å². The first kappa shape index (κ1) is 12.9. The number of ether oxygens (including phenoxy) is 1. The van der Waals surface area contributed by atoms with Gasteiger partial charge in [-0.05, 0) is 37.1 Å². The Kier molecular flexibility index (Phi) is 4.24. The molecule has 0 aliphatic rings. The Bertz CT molecular complexity index is 415. The summed E-state index contributed by atoms with van der Waals surface area (Å²) >= 11 is 3.36. The van der Waals surface area contributed by atoms with Crippen molar-refractivity contribution in [3.63, 3.8) is 0 Å². The summed E-state index contributed by atoms with van der Waals surface area (Å²) in [7, 11) is 0. The van der Waals surface area contributed by atoms with E-state index in [0.29, 0.717) is 5.56 Å². The van der Waals surface area contributed by atoms with Crippen LogP contribution < -0.4 is 0 Å². The zero-order valence-electron chi connectivity index (χ0n) is 9.46. The van der Waals surface area contributed by atoms with Crippen LogP contribution in [0.1, 0.15) is 28.4 Å². The molecule has 0 saturated carbocycles. The Hall–Kier alpha value is -1.16. The van der Waals surface area contributed by atoms with Gasteiger partial charge in [-0.15, -0.1) is 0 Å². The van der Waals surface area contributed by atoms with Crippen LogP contribution in [0.15, 0.2) is 16.6 Å². The molecular weight excluding hydrogens is 272 g/mol. The van der Waals surface area contributed by atoms with Crippen molar-refractivity contribution in [3.8, 4) is 0 Å². The molecular formula is C12H13BrO3. The highest BCUT2D eigenvalue weighted by Gasteiger charge is 2.14. The zero-order valence-corrected chi connectivity index (χ0v) is 11.1. The number of hydrogen-bond donors (Lipinski definition) is 0. The van der Waals surface area contributed by atoms with Crippen LogP contribution in [-0.2, 0) is 9.53 Å². The highest BCUT2D eigenvalue weighted by molar-refractivity contribution is 9.10. The first-order chi connectivity index (χ1) is 7.41. The molecule has 0 spiro atoms. The fourth-order valence-corrected chi connectivity index (χ4v) is 2.28. The van der Waals surface area contributed by atoms with Gasteiger partial charge in [0, 0.05) is 17.0 Å². The maximum Gasteiger partial charge on any atom is 0.303 e. The number of carbonyl (C=O) groups is 2. The predicted octanol–water partition coefficient (Wildman–Crippen LogP) is 2.81. The smallest absolute Gasteiger partial charge is 0.303 e. The van der Waals surface area contributed by atoms with Crippen LogP contribution in [0.25, 0.3) is 0 Å². The molecule has 16 heavy (non-hydrogen) atoms. The summed E-state index contributed by atoms with van der Waals surface area (Å²) in [6, 6.07) is 3.74. The third-order valence-electron chi connectivity index (χ3n) is 2.18. The van der Waals surface area contributed by atoms with Crippen LogP contribution in [0.5, 0.6) is 0 Å². The van der Waals surface area contributed by atoms with E-state index in [1.54, 1.807) is 0 Å². The molecule has 0 radical (unpaired) electrons. The molecule has 1 rings (SSSR count). The fraction of sp³-hybridized carbons (Fsp3) is 0.333. The van der Waals surface area contributed by atoms with Crippen LogP contribution in [0, 0.1) is 13.8 Å². The molecule has 86 valence electrons. The number of Topliss-reactive ketones (excluding diaryl/α,β-unsaturated/α-hetero) is 1. The zero-order chi connectivity index (χ0) is 12.3. The molecule has 0 atom stereocenters. The number of benzene rings is 1. The summed E-state index contributed by atoms with van der Waals surface area (Å²) in [6.07, 6.45) is 0. The van der Waals surface area contributed by atoms with Gasteiger partial charge in [-0.25, -0.2) is 0 Å². The van der Waals surface area contributed by atoms with E-state index in [0.717, 1.165) is 15.6 Å². The monoisotopic (exact) mass is 284 g/mol. The summed E-state index contributed by atoms with van der Waals surface area (Å²) in [4.78, 5) is 22.4. The van der Waals surface area contributed by atoms with Crippen LogP contribution in [0.4, 0.5) is 0 Å². The van der Waals surface area contributed by atoms with Crippen LogP contribution in [0.2, 0.25) is 0 Å². The predicted molar refractivity (Wildman–Crippen MR) is 64.6 cm³/mol. The van der Waals surface area contributed by atoms with E-state index in [9.17, 15) is 9.59 Å². The summed E-state index contributed by atoms with van der Waals surface area (Å²) in [5, 5.41) is 0. The van der Waals surface area contributed by atoms with Crippen molar-refractivity contribution in [2.75, 3.05) is 6.61 Å². The van der Waals surface area contributed by atoms with Gasteiger partial charge in [0.2, 0.25) is 5.78 Å². The molecule has 0 fully saturated rings. The minimum atomic E-state index is -0.444. The van der Waals surface area contributed by atoms with Gasteiger partial charge in [0.05, 0.1) is 0 Å². The Morgan fingerprint density at radius 2 is 1.75 bits per heavy atom. The van der Waals surface area contributed by atoms with E-state index in [2.05, 4.69) is 15.9 Å². The van der Waals surface area contributed by atoms with Crippen LogP contribution in [-0.4, -0.2) is 18.4 Å². The summed E-state index contributed by atoms with van der Waals surface area (Å²) < 4.78 is 5.63. The lowest BCUT2D eigenvalue weighted by atomic mass is 10.00. The van der Waals surface area contributed by atoms with Gasteiger partial charge in [-0.2, -0.15) is 0 Å². The average molecular weight is 285 g/mol. The minimum Gasteiger partial charge on any atom is -0.457 e. The molecule has 0 N–H and O–H groups in total. The number of hydrogen-bond acceptors (Lipinski definition) is 3. The second-order valence-electron chi connectivity index (χ2n) is 3.62. The third kappa shape index (κ3) is 3.17. The van der Waals surface area contributed by atoms with Crippen molar-refractivity contribution in [2.45, 2.75) is 20.8 Å². The largest absolute Gasteiger partial charge is 0.457 e. The van der Waals surface area contributed by atoms with Crippen molar-refractivity contribution >= 4 is 27.7 Å². The molecule has 0 bridgehead atoms. The molecule has 0 aliphatic carbocycles. The highest BCUT2D eigenvalue weighted by atomic mass is 79.9. The average Bonchev–Trinajstić information content (AvgIpc) is 2.12. The van der Waals surface area contributed by atoms with Crippen molar-refractivity contribution < 1.29 is 14.3 Å². The van der Waals surface area contributed by atoms with Crippen molar-refractivity contribution in [1.29, 1.82) is 0 Å². The van der Waals surface area contributed by atoms with Crippen molar-refractivity contribution in [1.82, 2.24) is 0 Å². The van der Waals surface area contributed by atoms with E-state index in [-0.39, 0.29) is 12.4 Å². The second kappa shape index (κ2) is 5.25. The molecule has 0 amide bonds. The molecule has 0 aromatic heterocycles. The normalized spacial score (nSPS) is 10.0. The van der Waals surface area contributed by atoms with E-state index >= 15 is 0 Å². The molecule has 1 aromatic rings. The van der Waals surface area contributed by atoms with E-state index in [4.69, 9.17) is 4.74 Å². The maximum absolute atomic E-state index is 11.8. The van der Waals surface area contributed by atoms with Gasteiger partial charge >= 0.3 is 5.97 Å². The Balaban J connectivity index is 2.95. The van der Waals surface area contributed by atoms with Crippen LogP contribution in [0.3, 0.4) is 0 Å². The number of rotatable bonds is 3. The van der Waals surface area contributed by atoms with Gasteiger partial charge in [-0.3, -0.25) is 9.59 Å². The van der Waals surface area contributed by atoms with Gasteiger partial charge in [-0.1, -0.05) is 15.9 Å². The minimum absolute atomic E-state index is 0.169. The van der Waals surface area contributed by atoms with Crippen LogP contribution >= 0.6 is 15.9 Å². The quantitative estimate of drug-likeness (QED) is 0.633. The van der Waals surface area contributed by atoms with Gasteiger partial charge in [0.1, 0.15) is 0 Å². The lowest BCUT2D eigenvalue weighted by molar-refractivity contribution is -0.139. The second-order valence-corrected chi connectivity index (χ2v) is 4.53. The molecule has 0 heterocycles. The van der Waals surface area contributed by atoms with Gasteiger partial charge in [0.25, 0.3) is 0 Å². The highest BCUT2D eigenvalue weighted by Crippen LogP contribution is 2.21. The first-order valence-electron chi connectivity index (χ1n) is 4.85. The molecule has 0 aliphatic heterocycles. The van der Waals surface area contributed by atoms with Gasteiger partial charge < -0.3 is 4.74 Å². The van der Waals surface area contributed by atoms with E-state index in [1.807, 2.05) is 26.0 Å². The third-order valence-corrected chi connectivity index (χ3v) is 2.64. The molecule has 0 unspecified atom stereocenters. The number of aryl methyl sites for hydroxylation is 2. The van der Waals surface area contributed by atoms with E-state index < -0.39 is 5.97 Å². The Morgan fingerprint density at radius 1 is 1.25 bits per heavy atom. The standard InChI is InChI=1S/C12H13BrO3/c1-7-4-10(13)5-8(2)12(7)11(15)6-16-9(3)14/h4-5H,6H2,1-3H3. The topological polar surface area (TPSA) is 43.4 Å². The summed E-state index contributed by atoms with van der Waals surface area (Å²) in [6.45, 7) is 4.81. The molecule has 3 nitrogen and oxygen atoms in total. The SMILES string of the molecule is CC(=O)OCC(=O)c1c(C)cc(Br)cc1C. The van der Waals surface area contributed by atoms with Gasteiger partial charge in [0.15, 0.2) is 6.61 Å². The number of carbonyl (C=O) groups excluding carboxylic acids is 2. The number of halogens is 1.